The molecule has 0 aliphatic rings. The van der Waals surface area contributed by atoms with Gasteiger partial charge in [0, 0.05) is 18.8 Å². The molecule has 2 heteroatoms. The second-order valence-electron chi connectivity index (χ2n) is 6.02. The smallest absolute Gasteiger partial charge is 0.0716 e. The number of allylic oxidation sites excluding steroid dienone is 2. The van der Waals surface area contributed by atoms with Gasteiger partial charge in [-0.25, -0.2) is 0 Å². The minimum absolute atomic E-state index is 0.740. The lowest BCUT2D eigenvalue weighted by atomic mass is 10.1. The molecule has 1 aromatic rings. The number of rotatable bonds is 13. The van der Waals surface area contributed by atoms with Crippen molar-refractivity contribution in [3.8, 4) is 0 Å². The van der Waals surface area contributed by atoms with Gasteiger partial charge in [0.25, 0.3) is 0 Å². The molecule has 130 valence electrons. The van der Waals surface area contributed by atoms with E-state index in [0.717, 1.165) is 26.2 Å². The third-order valence-electron chi connectivity index (χ3n) is 4.30. The van der Waals surface area contributed by atoms with Crippen LogP contribution in [0.3, 0.4) is 0 Å². The number of nitrogens with one attached hydrogen (secondary N) is 1. The van der Waals surface area contributed by atoms with E-state index in [9.17, 15) is 0 Å². The van der Waals surface area contributed by atoms with Crippen LogP contribution in [0.2, 0.25) is 0 Å². The SMILES string of the molecule is CCC(CC)=C(CC)NCCCCCCOCc1ccccc1. The summed E-state index contributed by atoms with van der Waals surface area (Å²) in [6.45, 7) is 9.48. The fraction of sp³-hybridized carbons (Fsp3) is 0.619. The molecule has 0 spiro atoms. The van der Waals surface area contributed by atoms with Crippen molar-refractivity contribution in [2.24, 2.45) is 0 Å². The maximum absolute atomic E-state index is 5.72. The zero-order valence-corrected chi connectivity index (χ0v) is 15.4. The normalized spacial score (nSPS) is 10.6. The molecule has 0 radical (unpaired) electrons. The van der Waals surface area contributed by atoms with Crippen LogP contribution in [0.25, 0.3) is 0 Å². The van der Waals surface area contributed by atoms with Crippen LogP contribution in [0.4, 0.5) is 0 Å². The van der Waals surface area contributed by atoms with Gasteiger partial charge in [-0.05, 0) is 37.7 Å². The summed E-state index contributed by atoms with van der Waals surface area (Å²) in [6, 6.07) is 10.4. The second-order valence-corrected chi connectivity index (χ2v) is 6.02. The van der Waals surface area contributed by atoms with E-state index in [-0.39, 0.29) is 0 Å². The highest BCUT2D eigenvalue weighted by atomic mass is 16.5. The predicted molar refractivity (Wildman–Crippen MR) is 100 cm³/mol. The van der Waals surface area contributed by atoms with Crippen molar-refractivity contribution in [2.75, 3.05) is 13.2 Å². The van der Waals surface area contributed by atoms with Crippen LogP contribution in [0, 0.1) is 0 Å². The molecule has 0 aliphatic carbocycles. The van der Waals surface area contributed by atoms with E-state index < -0.39 is 0 Å². The van der Waals surface area contributed by atoms with Gasteiger partial charge in [-0.2, -0.15) is 0 Å². The molecule has 0 unspecified atom stereocenters. The van der Waals surface area contributed by atoms with Gasteiger partial charge in [0.2, 0.25) is 0 Å². The Labute approximate surface area is 143 Å². The molecule has 0 fully saturated rings. The first kappa shape index (κ1) is 19.8. The van der Waals surface area contributed by atoms with Crippen LogP contribution in [0.15, 0.2) is 41.6 Å². The summed E-state index contributed by atoms with van der Waals surface area (Å²) in [7, 11) is 0. The highest BCUT2D eigenvalue weighted by Crippen LogP contribution is 2.13. The number of hydrogen-bond donors (Lipinski definition) is 1. The summed E-state index contributed by atoms with van der Waals surface area (Å²) in [5.41, 5.74) is 4.32. The number of hydrogen-bond acceptors (Lipinski definition) is 2. The number of ether oxygens (including phenoxy) is 1. The highest BCUT2D eigenvalue weighted by Gasteiger charge is 2.01. The topological polar surface area (TPSA) is 21.3 Å². The van der Waals surface area contributed by atoms with Crippen LogP contribution in [-0.2, 0) is 11.3 Å². The standard InChI is InChI=1S/C21H35NO/c1-4-20(5-2)21(6-3)22-16-12-7-8-13-17-23-18-19-14-10-9-11-15-19/h9-11,14-15,22H,4-8,12-13,16-18H2,1-3H3. The van der Waals surface area contributed by atoms with Gasteiger partial charge in [0.1, 0.15) is 0 Å². The Bertz CT molecular complexity index is 419. The molecule has 0 amide bonds. The van der Waals surface area contributed by atoms with E-state index >= 15 is 0 Å². The lowest BCUT2D eigenvalue weighted by Crippen LogP contribution is -2.16. The number of unbranched alkanes of at least 4 members (excludes halogenated alkanes) is 3. The molecule has 0 aliphatic heterocycles. The first-order valence-electron chi connectivity index (χ1n) is 9.38. The van der Waals surface area contributed by atoms with Crippen molar-refractivity contribution in [3.63, 3.8) is 0 Å². The molecular formula is C21H35NO. The third kappa shape index (κ3) is 8.80. The molecule has 23 heavy (non-hydrogen) atoms. The quantitative estimate of drug-likeness (QED) is 0.462. The Morgan fingerprint density at radius 3 is 2.22 bits per heavy atom. The zero-order chi connectivity index (χ0) is 16.8. The first-order valence-corrected chi connectivity index (χ1v) is 9.38. The molecule has 0 heterocycles. The number of benzene rings is 1. The maximum atomic E-state index is 5.72. The summed E-state index contributed by atoms with van der Waals surface area (Å²) in [4.78, 5) is 0. The van der Waals surface area contributed by atoms with Gasteiger partial charge in [-0.3, -0.25) is 0 Å². The average Bonchev–Trinajstić information content (AvgIpc) is 2.60. The first-order chi connectivity index (χ1) is 11.3. The van der Waals surface area contributed by atoms with Crippen molar-refractivity contribution in [3.05, 3.63) is 47.2 Å². The monoisotopic (exact) mass is 317 g/mol. The van der Waals surface area contributed by atoms with Crippen molar-refractivity contribution < 1.29 is 4.74 Å². The second kappa shape index (κ2) is 13.2. The van der Waals surface area contributed by atoms with Crippen LogP contribution >= 0.6 is 0 Å². The fourth-order valence-electron chi connectivity index (χ4n) is 2.86. The van der Waals surface area contributed by atoms with Gasteiger partial charge < -0.3 is 10.1 Å². The van der Waals surface area contributed by atoms with Gasteiger partial charge in [0.05, 0.1) is 6.61 Å². The van der Waals surface area contributed by atoms with Gasteiger partial charge in [-0.1, -0.05) is 69.5 Å². The van der Waals surface area contributed by atoms with E-state index in [4.69, 9.17) is 4.74 Å². The Morgan fingerprint density at radius 2 is 1.57 bits per heavy atom. The third-order valence-corrected chi connectivity index (χ3v) is 4.30. The van der Waals surface area contributed by atoms with Crippen molar-refractivity contribution in [1.29, 1.82) is 0 Å². The lowest BCUT2D eigenvalue weighted by molar-refractivity contribution is 0.117. The van der Waals surface area contributed by atoms with Crippen LogP contribution < -0.4 is 5.32 Å². The average molecular weight is 318 g/mol. The summed E-state index contributed by atoms with van der Waals surface area (Å²) < 4.78 is 5.72. The Balaban J connectivity index is 2.00. The van der Waals surface area contributed by atoms with Crippen LogP contribution in [-0.4, -0.2) is 13.2 Å². The van der Waals surface area contributed by atoms with Crippen LogP contribution in [0.5, 0.6) is 0 Å². The van der Waals surface area contributed by atoms with E-state index in [1.807, 2.05) is 6.07 Å². The summed E-state index contributed by atoms with van der Waals surface area (Å²) >= 11 is 0. The van der Waals surface area contributed by atoms with Crippen molar-refractivity contribution in [1.82, 2.24) is 5.32 Å². The summed E-state index contributed by atoms with van der Waals surface area (Å²) in [5.74, 6) is 0. The molecule has 0 saturated heterocycles. The molecule has 2 nitrogen and oxygen atoms in total. The molecule has 1 rings (SSSR count). The van der Waals surface area contributed by atoms with Gasteiger partial charge in [0.15, 0.2) is 0 Å². The molecule has 1 aromatic carbocycles. The molecule has 0 bridgehead atoms. The van der Waals surface area contributed by atoms with Gasteiger partial charge in [-0.15, -0.1) is 0 Å². The van der Waals surface area contributed by atoms with E-state index in [2.05, 4.69) is 50.4 Å². The van der Waals surface area contributed by atoms with E-state index in [1.165, 1.54) is 49.8 Å². The predicted octanol–water partition coefficient (Wildman–Crippen LogP) is 5.84. The Hall–Kier alpha value is -1.28. The van der Waals surface area contributed by atoms with E-state index in [1.54, 1.807) is 5.57 Å². The van der Waals surface area contributed by atoms with Crippen molar-refractivity contribution >= 4 is 0 Å². The fourth-order valence-corrected chi connectivity index (χ4v) is 2.86. The largest absolute Gasteiger partial charge is 0.388 e. The van der Waals surface area contributed by atoms with Crippen molar-refractivity contribution in [2.45, 2.75) is 72.3 Å². The minimum Gasteiger partial charge on any atom is -0.388 e. The van der Waals surface area contributed by atoms with E-state index in [0.29, 0.717) is 0 Å². The molecular weight excluding hydrogens is 282 g/mol. The highest BCUT2D eigenvalue weighted by molar-refractivity contribution is 5.13. The maximum Gasteiger partial charge on any atom is 0.0716 e. The minimum atomic E-state index is 0.740. The zero-order valence-electron chi connectivity index (χ0n) is 15.4. The summed E-state index contributed by atoms with van der Waals surface area (Å²) in [5, 5.41) is 3.64. The van der Waals surface area contributed by atoms with Crippen LogP contribution in [0.1, 0.15) is 71.3 Å². The molecule has 0 aromatic heterocycles. The van der Waals surface area contributed by atoms with Gasteiger partial charge >= 0.3 is 0 Å². The Kier molecular flexibility index (Phi) is 11.3. The molecule has 0 atom stereocenters. The molecule has 0 saturated carbocycles. The summed E-state index contributed by atoms with van der Waals surface area (Å²) in [6.07, 6.45) is 8.44. The molecule has 1 N–H and O–H groups in total. The Morgan fingerprint density at radius 1 is 0.870 bits per heavy atom. The lowest BCUT2D eigenvalue weighted by Gasteiger charge is -2.14.